The van der Waals surface area contributed by atoms with Crippen LogP contribution in [0.3, 0.4) is 0 Å². The van der Waals surface area contributed by atoms with Gasteiger partial charge in [-0.25, -0.2) is 0 Å². The lowest BCUT2D eigenvalue weighted by Gasteiger charge is -2.10. The molecule has 22 heavy (non-hydrogen) atoms. The largest absolute Gasteiger partial charge is 0.259 e. The average Bonchev–Trinajstić information content (AvgIpc) is 2.56. The molecule has 1 nitrogen and oxygen atoms in total. The van der Waals surface area contributed by atoms with Gasteiger partial charge in [-0.1, -0.05) is 65.2 Å². The smallest absolute Gasteiger partial charge is 0.0759 e. The fraction of sp³-hybridized carbons (Fsp3) is 0.550. The van der Waals surface area contributed by atoms with Gasteiger partial charge in [0.05, 0.1) is 7.85 Å². The van der Waals surface area contributed by atoms with E-state index in [1.165, 1.54) is 0 Å². The second-order valence-electron chi connectivity index (χ2n) is 3.94. The normalized spacial score (nSPS) is 11.3. The molecule has 0 aromatic carbocycles. The Hall–Kier alpha value is -1.31. The monoisotopic (exact) mass is 303 g/mol. The van der Waals surface area contributed by atoms with Crippen molar-refractivity contribution in [1.82, 2.24) is 0 Å². The van der Waals surface area contributed by atoms with Crippen LogP contribution in [0, 0.1) is 0 Å². The van der Waals surface area contributed by atoms with E-state index in [0.29, 0.717) is 0 Å². The summed E-state index contributed by atoms with van der Waals surface area (Å²) in [5, 5.41) is 0. The van der Waals surface area contributed by atoms with Gasteiger partial charge in [0.2, 0.25) is 0 Å². The van der Waals surface area contributed by atoms with Crippen molar-refractivity contribution < 1.29 is 0 Å². The van der Waals surface area contributed by atoms with Crippen LogP contribution in [-0.2, 0) is 0 Å². The Morgan fingerprint density at radius 3 is 1.82 bits per heavy atom. The molecule has 0 bridgehead atoms. The maximum absolute atomic E-state index is 5.81. The van der Waals surface area contributed by atoms with Gasteiger partial charge < -0.3 is 0 Å². The Balaban J connectivity index is -0.000000198. The van der Waals surface area contributed by atoms with Gasteiger partial charge in [-0.3, -0.25) is 4.99 Å². The molecule has 0 saturated heterocycles. The van der Waals surface area contributed by atoms with Crippen molar-refractivity contribution in [3.8, 4) is 0 Å². The van der Waals surface area contributed by atoms with Gasteiger partial charge in [-0.15, -0.1) is 13.2 Å². The van der Waals surface area contributed by atoms with Crippen molar-refractivity contribution >= 4 is 13.6 Å². The summed E-state index contributed by atoms with van der Waals surface area (Å²) in [6.07, 6.45) is 7.21. The highest BCUT2D eigenvalue weighted by Crippen LogP contribution is 2.17. The fourth-order valence-corrected chi connectivity index (χ4v) is 1.20. The molecule has 126 valence electrons. The zero-order chi connectivity index (χ0) is 18.6. The second-order valence-corrected chi connectivity index (χ2v) is 3.94. The van der Waals surface area contributed by atoms with E-state index in [1.807, 2.05) is 61.5 Å². The molecule has 0 aromatic rings. The molecule has 0 aliphatic heterocycles. The van der Waals surface area contributed by atoms with Gasteiger partial charge >= 0.3 is 0 Å². The van der Waals surface area contributed by atoms with Crippen LogP contribution in [0.25, 0.3) is 0 Å². The van der Waals surface area contributed by atoms with Gasteiger partial charge in [-0.05, 0) is 39.2 Å². The quantitative estimate of drug-likeness (QED) is 0.282. The number of allylic oxidation sites excluding steroid dienone is 5. The summed E-state index contributed by atoms with van der Waals surface area (Å²) in [4.78, 5) is 4.42. The molecular weight excluding hydrogens is 265 g/mol. The van der Waals surface area contributed by atoms with Crippen molar-refractivity contribution in [2.45, 2.75) is 74.0 Å². The van der Waals surface area contributed by atoms with E-state index in [4.69, 9.17) is 7.85 Å². The standard InChI is InChI=1S/C13H20BN.C3H6.2C2H6/c1-6-10(4)15-11(5)12(7-2)9-13(14)8-3;1-3-2;2*1-2/h7-8,13H,3-4,6,9H2,1-2,5H3;3H,1H2,2H3;2*1-2H3/b12-7-,15-11?;;;. The van der Waals surface area contributed by atoms with Gasteiger partial charge in [-0.2, -0.15) is 0 Å². The molecule has 1 unspecified atom stereocenters. The van der Waals surface area contributed by atoms with Crippen LogP contribution < -0.4 is 0 Å². The molecule has 1 atom stereocenters. The number of rotatable bonds is 6. The summed E-state index contributed by atoms with van der Waals surface area (Å²) >= 11 is 0. The Morgan fingerprint density at radius 2 is 1.55 bits per heavy atom. The van der Waals surface area contributed by atoms with E-state index in [9.17, 15) is 0 Å². The van der Waals surface area contributed by atoms with Crippen molar-refractivity contribution in [2.75, 3.05) is 0 Å². The highest BCUT2D eigenvalue weighted by molar-refractivity contribution is 6.13. The summed E-state index contributed by atoms with van der Waals surface area (Å²) < 4.78 is 0. The van der Waals surface area contributed by atoms with E-state index in [0.717, 1.165) is 29.8 Å². The van der Waals surface area contributed by atoms with E-state index < -0.39 is 0 Å². The molecule has 0 heterocycles. The summed E-state index contributed by atoms with van der Waals surface area (Å²) in [6.45, 7) is 26.8. The zero-order valence-corrected chi connectivity index (χ0v) is 16.4. The first kappa shape index (κ1) is 28.8. The highest BCUT2D eigenvalue weighted by Gasteiger charge is 2.04. The van der Waals surface area contributed by atoms with Crippen molar-refractivity contribution in [2.24, 2.45) is 4.99 Å². The minimum atomic E-state index is -0.00348. The first-order chi connectivity index (χ1) is 10.5. The van der Waals surface area contributed by atoms with Crippen LogP contribution in [0.1, 0.15) is 68.2 Å². The SMILES string of the molecule is C=CC.CC.CC.[B]C(C=C)C/C(=C/C)C(C)=NC(=C)CC. The highest BCUT2D eigenvalue weighted by atomic mass is 14.7. The summed E-state index contributed by atoms with van der Waals surface area (Å²) in [6, 6.07) is 0. The van der Waals surface area contributed by atoms with Crippen molar-refractivity contribution in [3.05, 3.63) is 49.2 Å². The molecule has 0 N–H and O–H groups in total. The predicted molar refractivity (Wildman–Crippen MR) is 109 cm³/mol. The molecular formula is C20H38BN. The van der Waals surface area contributed by atoms with E-state index in [2.05, 4.69) is 24.7 Å². The van der Waals surface area contributed by atoms with Gasteiger partial charge in [0.1, 0.15) is 0 Å². The first-order valence-corrected chi connectivity index (χ1v) is 8.30. The Labute approximate surface area is 142 Å². The fourth-order valence-electron chi connectivity index (χ4n) is 1.20. The van der Waals surface area contributed by atoms with Crippen LogP contribution in [0.15, 0.2) is 54.2 Å². The van der Waals surface area contributed by atoms with Crippen LogP contribution >= 0.6 is 0 Å². The maximum atomic E-state index is 5.81. The first-order valence-electron chi connectivity index (χ1n) is 8.30. The molecule has 0 fully saturated rings. The Bertz CT molecular complexity index is 325. The van der Waals surface area contributed by atoms with E-state index >= 15 is 0 Å². The number of nitrogens with zero attached hydrogens (tertiary/aromatic N) is 1. The molecule has 0 spiro atoms. The molecule has 2 radical (unpaired) electrons. The summed E-state index contributed by atoms with van der Waals surface area (Å²) in [5.41, 5.74) is 3.07. The Kier molecular flexibility index (Phi) is 32.3. The van der Waals surface area contributed by atoms with Crippen molar-refractivity contribution in [3.63, 3.8) is 0 Å². The number of hydrogen-bond donors (Lipinski definition) is 0. The molecule has 2 heteroatoms. The molecule has 0 saturated carbocycles. The van der Waals surface area contributed by atoms with Crippen LogP contribution in [-0.4, -0.2) is 13.6 Å². The third-order valence-corrected chi connectivity index (χ3v) is 2.31. The van der Waals surface area contributed by atoms with E-state index in [1.54, 1.807) is 12.2 Å². The minimum absolute atomic E-state index is 0.00348. The number of hydrogen-bond acceptors (Lipinski definition) is 1. The topological polar surface area (TPSA) is 12.4 Å². The van der Waals surface area contributed by atoms with Crippen LogP contribution in [0.2, 0.25) is 5.82 Å². The lowest BCUT2D eigenvalue weighted by Crippen LogP contribution is -2.01. The lowest BCUT2D eigenvalue weighted by molar-refractivity contribution is 1.00. The molecule has 0 aliphatic rings. The molecule has 0 amide bonds. The van der Waals surface area contributed by atoms with E-state index in [-0.39, 0.29) is 5.82 Å². The summed E-state index contributed by atoms with van der Waals surface area (Å²) in [7, 11) is 5.81. The van der Waals surface area contributed by atoms with Crippen molar-refractivity contribution in [1.29, 1.82) is 0 Å². The lowest BCUT2D eigenvalue weighted by atomic mass is 9.81. The maximum Gasteiger partial charge on any atom is 0.0759 e. The molecule has 0 aliphatic carbocycles. The van der Waals surface area contributed by atoms with Gasteiger partial charge in [0.15, 0.2) is 0 Å². The molecule has 0 rings (SSSR count). The second kappa shape index (κ2) is 24.7. The number of aliphatic imine (C=N–C) groups is 1. The predicted octanol–water partition coefficient (Wildman–Crippen LogP) is 7.10. The van der Waals surface area contributed by atoms with Gasteiger partial charge in [0, 0.05) is 11.4 Å². The summed E-state index contributed by atoms with van der Waals surface area (Å²) in [5.74, 6) is -0.00348. The zero-order valence-electron chi connectivity index (χ0n) is 16.4. The van der Waals surface area contributed by atoms with Crippen LogP contribution in [0.5, 0.6) is 0 Å². The van der Waals surface area contributed by atoms with Crippen LogP contribution in [0.4, 0.5) is 0 Å². The molecule has 0 aromatic heterocycles. The van der Waals surface area contributed by atoms with Gasteiger partial charge in [0.25, 0.3) is 0 Å². The minimum Gasteiger partial charge on any atom is -0.259 e. The third kappa shape index (κ3) is 21.0. The third-order valence-electron chi connectivity index (χ3n) is 2.31. The average molecular weight is 303 g/mol. The Morgan fingerprint density at radius 1 is 1.14 bits per heavy atom.